The van der Waals surface area contributed by atoms with Crippen LogP contribution in [0.1, 0.15) is 19.4 Å². The lowest BCUT2D eigenvalue weighted by Gasteiger charge is -2.13. The topological polar surface area (TPSA) is 60.5 Å². The van der Waals surface area contributed by atoms with Crippen molar-refractivity contribution in [3.05, 3.63) is 48.0 Å². The van der Waals surface area contributed by atoms with Gasteiger partial charge in [0.1, 0.15) is 11.5 Å². The number of fused-ring (bicyclic) bond motifs is 1. The Hall–Kier alpha value is -2.60. The summed E-state index contributed by atoms with van der Waals surface area (Å²) in [4.78, 5) is 16.8. The summed E-state index contributed by atoms with van der Waals surface area (Å²) < 4.78 is 12.1. The van der Waals surface area contributed by atoms with Crippen LogP contribution in [0.2, 0.25) is 0 Å². The number of anilines is 1. The maximum atomic E-state index is 12.3. The molecule has 0 saturated heterocycles. The predicted octanol–water partition coefficient (Wildman–Crippen LogP) is 4.41. The Morgan fingerprint density at radius 3 is 2.64 bits per heavy atom. The Morgan fingerprint density at radius 2 is 1.92 bits per heavy atom. The van der Waals surface area contributed by atoms with Crippen molar-refractivity contribution < 1.29 is 14.3 Å². The Labute approximate surface area is 150 Å². The van der Waals surface area contributed by atoms with Crippen molar-refractivity contribution in [2.75, 3.05) is 11.9 Å². The van der Waals surface area contributed by atoms with Crippen LogP contribution in [0.4, 0.5) is 5.13 Å². The molecule has 1 atom stereocenters. The Morgan fingerprint density at radius 1 is 1.20 bits per heavy atom. The van der Waals surface area contributed by atoms with E-state index in [0.717, 1.165) is 21.5 Å². The number of aryl methyl sites for hydroxylation is 1. The summed E-state index contributed by atoms with van der Waals surface area (Å²) in [5.41, 5.74) is 1.97. The van der Waals surface area contributed by atoms with Gasteiger partial charge in [0.25, 0.3) is 5.91 Å². The lowest BCUT2D eigenvalue weighted by atomic mass is 10.2. The van der Waals surface area contributed by atoms with Gasteiger partial charge in [0, 0.05) is 0 Å². The van der Waals surface area contributed by atoms with Gasteiger partial charge in [-0.05, 0) is 51.1 Å². The Balaban J connectivity index is 1.67. The molecule has 0 radical (unpaired) electrons. The van der Waals surface area contributed by atoms with Crippen molar-refractivity contribution >= 4 is 32.6 Å². The van der Waals surface area contributed by atoms with E-state index in [9.17, 15) is 4.79 Å². The molecule has 1 aromatic heterocycles. The molecule has 0 saturated carbocycles. The van der Waals surface area contributed by atoms with Crippen LogP contribution in [0.5, 0.6) is 11.5 Å². The standard InChI is InChI=1S/C19H20N2O3S/c1-4-23-15-9-10-16-17(11-15)25-19(20-16)21-18(22)13(3)24-14-7-5-12(2)6-8-14/h5-11,13H,4H2,1-3H3,(H,20,21,22)/t13-/m0/s1. The third-order valence-corrected chi connectivity index (χ3v) is 4.54. The van der Waals surface area contributed by atoms with E-state index < -0.39 is 6.10 Å². The second-order valence-corrected chi connectivity index (χ2v) is 6.67. The summed E-state index contributed by atoms with van der Waals surface area (Å²) in [5.74, 6) is 1.23. The fraction of sp³-hybridized carbons (Fsp3) is 0.263. The van der Waals surface area contributed by atoms with Crippen LogP contribution in [0.3, 0.4) is 0 Å². The highest BCUT2D eigenvalue weighted by atomic mass is 32.1. The van der Waals surface area contributed by atoms with E-state index in [0.29, 0.717) is 17.5 Å². The number of amides is 1. The van der Waals surface area contributed by atoms with E-state index in [1.807, 2.05) is 56.3 Å². The lowest BCUT2D eigenvalue weighted by Crippen LogP contribution is -2.30. The average Bonchev–Trinajstić information content (AvgIpc) is 2.98. The van der Waals surface area contributed by atoms with E-state index in [1.54, 1.807) is 6.92 Å². The number of hydrogen-bond donors (Lipinski definition) is 1. The molecule has 0 fully saturated rings. The first kappa shape index (κ1) is 17.2. The van der Waals surface area contributed by atoms with Crippen molar-refractivity contribution in [1.82, 2.24) is 4.98 Å². The number of carbonyl (C=O) groups excluding carboxylic acids is 1. The molecule has 0 aliphatic rings. The van der Waals surface area contributed by atoms with Gasteiger partial charge in [0.05, 0.1) is 16.8 Å². The first-order chi connectivity index (χ1) is 12.0. The number of nitrogens with zero attached hydrogens (tertiary/aromatic N) is 1. The monoisotopic (exact) mass is 356 g/mol. The number of benzene rings is 2. The molecule has 1 heterocycles. The van der Waals surface area contributed by atoms with Gasteiger partial charge in [-0.1, -0.05) is 29.0 Å². The van der Waals surface area contributed by atoms with Crippen LogP contribution in [0, 0.1) is 6.92 Å². The smallest absolute Gasteiger partial charge is 0.266 e. The van der Waals surface area contributed by atoms with E-state index >= 15 is 0 Å². The van der Waals surface area contributed by atoms with Gasteiger partial charge in [-0.15, -0.1) is 0 Å². The molecule has 0 bridgehead atoms. The second kappa shape index (κ2) is 7.53. The van der Waals surface area contributed by atoms with Crippen molar-refractivity contribution in [2.24, 2.45) is 0 Å². The van der Waals surface area contributed by atoms with Crippen LogP contribution in [0.15, 0.2) is 42.5 Å². The third-order valence-electron chi connectivity index (χ3n) is 3.60. The number of thiazole rings is 1. The number of nitrogens with one attached hydrogen (secondary N) is 1. The molecular formula is C19H20N2O3S. The van der Waals surface area contributed by atoms with Gasteiger partial charge in [0.2, 0.25) is 0 Å². The molecule has 6 heteroatoms. The number of hydrogen-bond acceptors (Lipinski definition) is 5. The van der Waals surface area contributed by atoms with Gasteiger partial charge < -0.3 is 9.47 Å². The number of rotatable bonds is 6. The van der Waals surface area contributed by atoms with E-state index in [1.165, 1.54) is 11.3 Å². The molecule has 130 valence electrons. The lowest BCUT2D eigenvalue weighted by molar-refractivity contribution is -0.122. The summed E-state index contributed by atoms with van der Waals surface area (Å²) in [6, 6.07) is 13.3. The molecule has 25 heavy (non-hydrogen) atoms. The molecule has 5 nitrogen and oxygen atoms in total. The fourth-order valence-corrected chi connectivity index (χ4v) is 3.19. The minimum Gasteiger partial charge on any atom is -0.494 e. The second-order valence-electron chi connectivity index (χ2n) is 5.64. The summed E-state index contributed by atoms with van der Waals surface area (Å²) >= 11 is 1.41. The number of ether oxygens (including phenoxy) is 2. The Kier molecular flexibility index (Phi) is 5.19. The first-order valence-corrected chi connectivity index (χ1v) is 8.94. The van der Waals surface area contributed by atoms with Crippen LogP contribution >= 0.6 is 11.3 Å². The van der Waals surface area contributed by atoms with E-state index in [2.05, 4.69) is 10.3 Å². The van der Waals surface area contributed by atoms with Gasteiger partial charge in [-0.3, -0.25) is 10.1 Å². The first-order valence-electron chi connectivity index (χ1n) is 8.12. The molecular weight excluding hydrogens is 336 g/mol. The van der Waals surface area contributed by atoms with Crippen molar-refractivity contribution in [1.29, 1.82) is 0 Å². The molecule has 1 N–H and O–H groups in total. The van der Waals surface area contributed by atoms with Crippen molar-refractivity contribution in [3.8, 4) is 11.5 Å². The number of aromatic nitrogens is 1. The SMILES string of the molecule is CCOc1ccc2nc(NC(=O)[C@H](C)Oc3ccc(C)cc3)sc2c1. The fourth-order valence-electron chi connectivity index (χ4n) is 2.30. The van der Waals surface area contributed by atoms with Crippen LogP contribution < -0.4 is 14.8 Å². The zero-order valence-corrected chi connectivity index (χ0v) is 15.2. The molecule has 3 rings (SSSR count). The summed E-state index contributed by atoms with van der Waals surface area (Å²) in [7, 11) is 0. The van der Waals surface area contributed by atoms with Gasteiger partial charge >= 0.3 is 0 Å². The summed E-state index contributed by atoms with van der Waals surface area (Å²) in [6.07, 6.45) is -0.617. The zero-order chi connectivity index (χ0) is 17.8. The van der Waals surface area contributed by atoms with Crippen molar-refractivity contribution in [3.63, 3.8) is 0 Å². The highest BCUT2D eigenvalue weighted by molar-refractivity contribution is 7.22. The van der Waals surface area contributed by atoms with Crippen molar-refractivity contribution in [2.45, 2.75) is 26.9 Å². The molecule has 0 aliphatic carbocycles. The normalized spacial score (nSPS) is 12.0. The number of carbonyl (C=O) groups is 1. The summed E-state index contributed by atoms with van der Waals surface area (Å²) in [5, 5.41) is 3.37. The van der Waals surface area contributed by atoms with Gasteiger partial charge in [-0.2, -0.15) is 0 Å². The van der Waals surface area contributed by atoms with Crippen LogP contribution in [0.25, 0.3) is 10.2 Å². The maximum absolute atomic E-state index is 12.3. The zero-order valence-electron chi connectivity index (χ0n) is 14.4. The molecule has 1 amide bonds. The highest BCUT2D eigenvalue weighted by Gasteiger charge is 2.17. The Bertz CT molecular complexity index is 874. The highest BCUT2D eigenvalue weighted by Crippen LogP contribution is 2.29. The quantitative estimate of drug-likeness (QED) is 0.711. The third kappa shape index (κ3) is 4.28. The van der Waals surface area contributed by atoms with E-state index in [-0.39, 0.29) is 5.91 Å². The largest absolute Gasteiger partial charge is 0.494 e. The minimum atomic E-state index is -0.617. The molecule has 2 aromatic carbocycles. The molecule has 0 aliphatic heterocycles. The molecule has 0 spiro atoms. The predicted molar refractivity (Wildman–Crippen MR) is 101 cm³/mol. The maximum Gasteiger partial charge on any atom is 0.266 e. The van der Waals surface area contributed by atoms with Gasteiger partial charge in [0.15, 0.2) is 11.2 Å². The summed E-state index contributed by atoms with van der Waals surface area (Å²) in [6.45, 7) is 6.28. The average molecular weight is 356 g/mol. The van der Waals surface area contributed by atoms with Gasteiger partial charge in [-0.25, -0.2) is 4.98 Å². The van der Waals surface area contributed by atoms with E-state index in [4.69, 9.17) is 9.47 Å². The van der Waals surface area contributed by atoms with Crippen LogP contribution in [-0.2, 0) is 4.79 Å². The van der Waals surface area contributed by atoms with Crippen LogP contribution in [-0.4, -0.2) is 23.6 Å². The molecule has 0 unspecified atom stereocenters. The minimum absolute atomic E-state index is 0.232. The molecule has 3 aromatic rings.